The Kier molecular flexibility index (Phi) is 4.78. The molecule has 0 aliphatic heterocycles. The molecule has 0 N–H and O–H groups in total. The Morgan fingerprint density at radius 1 is 0.700 bits per heavy atom. The van der Waals surface area contributed by atoms with Gasteiger partial charge in [0.05, 0.1) is 11.3 Å². The molecular formula is C25H17Cl2N3. The van der Waals surface area contributed by atoms with Crippen LogP contribution < -0.4 is 0 Å². The molecule has 30 heavy (non-hydrogen) atoms. The highest BCUT2D eigenvalue weighted by Gasteiger charge is 2.20. The van der Waals surface area contributed by atoms with Crippen molar-refractivity contribution in [2.24, 2.45) is 0 Å². The van der Waals surface area contributed by atoms with Gasteiger partial charge in [0.2, 0.25) is 0 Å². The number of nitrogens with zero attached hydrogens (tertiary/aromatic N) is 3. The molecule has 5 rings (SSSR count). The fourth-order valence-corrected chi connectivity index (χ4v) is 3.90. The van der Waals surface area contributed by atoms with Crippen molar-refractivity contribution in [1.29, 1.82) is 0 Å². The summed E-state index contributed by atoms with van der Waals surface area (Å²) in [5, 5.41) is 6.41. The van der Waals surface area contributed by atoms with Gasteiger partial charge in [-0.2, -0.15) is 5.10 Å². The highest BCUT2D eigenvalue weighted by molar-refractivity contribution is 6.31. The Balaban J connectivity index is 1.86. The summed E-state index contributed by atoms with van der Waals surface area (Å²) in [5.41, 5.74) is 7.64. The molecule has 0 fully saturated rings. The molecule has 3 aromatic carbocycles. The molecule has 0 spiro atoms. The van der Waals surface area contributed by atoms with E-state index in [9.17, 15) is 0 Å². The highest BCUT2D eigenvalue weighted by atomic mass is 35.5. The van der Waals surface area contributed by atoms with Gasteiger partial charge in [0, 0.05) is 26.9 Å². The summed E-state index contributed by atoms with van der Waals surface area (Å²) in [6.07, 6.45) is 0. The van der Waals surface area contributed by atoms with Crippen LogP contribution in [0.15, 0.2) is 84.9 Å². The maximum Gasteiger partial charge on any atom is 0.164 e. The predicted octanol–water partition coefficient (Wildman–Crippen LogP) is 7.35. The first-order valence-corrected chi connectivity index (χ1v) is 10.3. The molecule has 2 aromatic heterocycles. The Morgan fingerprint density at radius 3 is 1.93 bits per heavy atom. The molecular weight excluding hydrogens is 413 g/mol. The number of aromatic nitrogens is 3. The van der Waals surface area contributed by atoms with Crippen molar-refractivity contribution in [1.82, 2.24) is 14.6 Å². The zero-order valence-corrected chi connectivity index (χ0v) is 17.7. The van der Waals surface area contributed by atoms with E-state index in [1.165, 1.54) is 0 Å². The maximum absolute atomic E-state index is 6.14. The van der Waals surface area contributed by atoms with E-state index in [-0.39, 0.29) is 0 Å². The van der Waals surface area contributed by atoms with Crippen molar-refractivity contribution < 1.29 is 0 Å². The van der Waals surface area contributed by atoms with Gasteiger partial charge in [-0.1, -0.05) is 77.8 Å². The quantitative estimate of drug-likeness (QED) is 0.300. The monoisotopic (exact) mass is 429 g/mol. The van der Waals surface area contributed by atoms with E-state index in [1.807, 2.05) is 84.2 Å². The third kappa shape index (κ3) is 3.36. The maximum atomic E-state index is 6.14. The highest BCUT2D eigenvalue weighted by Crippen LogP contribution is 2.37. The Morgan fingerprint density at radius 2 is 1.30 bits per heavy atom. The van der Waals surface area contributed by atoms with Crippen LogP contribution in [0.3, 0.4) is 0 Å². The molecule has 0 unspecified atom stereocenters. The topological polar surface area (TPSA) is 30.2 Å². The van der Waals surface area contributed by atoms with E-state index in [0.717, 1.165) is 45.0 Å². The molecule has 0 saturated carbocycles. The van der Waals surface area contributed by atoms with Crippen molar-refractivity contribution in [3.63, 3.8) is 0 Å². The summed E-state index contributed by atoms with van der Waals surface area (Å²) >= 11 is 12.2. The van der Waals surface area contributed by atoms with Crippen LogP contribution in [-0.2, 0) is 0 Å². The number of halogens is 2. The van der Waals surface area contributed by atoms with E-state index in [1.54, 1.807) is 0 Å². The number of hydrogen-bond acceptors (Lipinski definition) is 2. The van der Waals surface area contributed by atoms with Crippen LogP contribution in [0.2, 0.25) is 10.0 Å². The van der Waals surface area contributed by atoms with E-state index in [2.05, 4.69) is 12.1 Å². The van der Waals surface area contributed by atoms with Crippen LogP contribution in [0.5, 0.6) is 0 Å². The molecule has 0 aliphatic carbocycles. The lowest BCUT2D eigenvalue weighted by Gasteiger charge is -2.07. The second-order valence-corrected chi connectivity index (χ2v) is 7.99. The minimum absolute atomic E-state index is 0.697. The normalized spacial score (nSPS) is 11.2. The lowest BCUT2D eigenvalue weighted by molar-refractivity contribution is 0.942. The molecule has 0 aliphatic rings. The standard InChI is InChI=1S/C25H17Cl2N3/c1-16-15-22(17-7-11-20(26)12-8-17)30-25(28-16)23(18-9-13-21(27)14-10-18)24(29-30)19-5-3-2-4-6-19/h2-15H,1H3. The molecule has 5 aromatic rings. The largest absolute Gasteiger partial charge is 0.233 e. The molecule has 0 amide bonds. The fourth-order valence-electron chi connectivity index (χ4n) is 3.65. The van der Waals surface area contributed by atoms with Gasteiger partial charge >= 0.3 is 0 Å². The molecule has 0 saturated heterocycles. The van der Waals surface area contributed by atoms with Crippen LogP contribution in [0.1, 0.15) is 5.69 Å². The SMILES string of the molecule is Cc1cc(-c2ccc(Cl)cc2)n2nc(-c3ccccc3)c(-c3ccc(Cl)cc3)c2n1. The first kappa shape index (κ1) is 18.9. The van der Waals surface area contributed by atoms with Gasteiger partial charge in [0.1, 0.15) is 5.69 Å². The third-order valence-electron chi connectivity index (χ3n) is 5.04. The average Bonchev–Trinajstić information content (AvgIpc) is 3.14. The number of rotatable bonds is 3. The lowest BCUT2D eigenvalue weighted by atomic mass is 10.0. The molecule has 0 atom stereocenters. The Labute approximate surface area is 184 Å². The zero-order chi connectivity index (χ0) is 20.7. The number of fused-ring (bicyclic) bond motifs is 1. The van der Waals surface area contributed by atoms with Crippen molar-refractivity contribution in [2.75, 3.05) is 0 Å². The molecule has 3 nitrogen and oxygen atoms in total. The fraction of sp³-hybridized carbons (Fsp3) is 0.0400. The van der Waals surface area contributed by atoms with E-state index >= 15 is 0 Å². The summed E-state index contributed by atoms with van der Waals surface area (Å²) < 4.78 is 1.92. The van der Waals surface area contributed by atoms with Gasteiger partial charge in [-0.25, -0.2) is 9.50 Å². The van der Waals surface area contributed by atoms with E-state index in [0.29, 0.717) is 10.0 Å². The van der Waals surface area contributed by atoms with Gasteiger partial charge in [0.25, 0.3) is 0 Å². The summed E-state index contributed by atoms with van der Waals surface area (Å²) in [5.74, 6) is 0. The molecule has 2 heterocycles. The van der Waals surface area contributed by atoms with E-state index in [4.69, 9.17) is 33.3 Å². The first-order chi connectivity index (χ1) is 14.6. The molecule has 5 heteroatoms. The second kappa shape index (κ2) is 7.60. The predicted molar refractivity (Wildman–Crippen MR) is 124 cm³/mol. The molecule has 0 radical (unpaired) electrons. The smallest absolute Gasteiger partial charge is 0.164 e. The van der Waals surface area contributed by atoms with Gasteiger partial charge < -0.3 is 0 Å². The van der Waals surface area contributed by atoms with Crippen molar-refractivity contribution in [2.45, 2.75) is 6.92 Å². The molecule has 146 valence electrons. The molecule has 0 bridgehead atoms. The van der Waals surface area contributed by atoms with Gasteiger partial charge in [0.15, 0.2) is 5.65 Å². The summed E-state index contributed by atoms with van der Waals surface area (Å²) in [6, 6.07) is 27.8. The minimum atomic E-state index is 0.697. The summed E-state index contributed by atoms with van der Waals surface area (Å²) in [6.45, 7) is 2.00. The summed E-state index contributed by atoms with van der Waals surface area (Å²) in [7, 11) is 0. The van der Waals surface area contributed by atoms with E-state index < -0.39 is 0 Å². The van der Waals surface area contributed by atoms with Crippen LogP contribution in [0, 0.1) is 6.92 Å². The van der Waals surface area contributed by atoms with Crippen LogP contribution in [0.25, 0.3) is 39.3 Å². The third-order valence-corrected chi connectivity index (χ3v) is 5.54. The lowest BCUT2D eigenvalue weighted by Crippen LogP contribution is -1.98. The number of aryl methyl sites for hydroxylation is 1. The number of hydrogen-bond donors (Lipinski definition) is 0. The van der Waals surface area contributed by atoms with Crippen molar-refractivity contribution in [3.8, 4) is 33.6 Å². The Bertz CT molecular complexity index is 1340. The number of benzene rings is 3. The minimum Gasteiger partial charge on any atom is -0.233 e. The van der Waals surface area contributed by atoms with Gasteiger partial charge in [-0.05, 0) is 42.8 Å². The Hall–Kier alpha value is -3.14. The van der Waals surface area contributed by atoms with Crippen LogP contribution in [-0.4, -0.2) is 14.6 Å². The van der Waals surface area contributed by atoms with Gasteiger partial charge in [-0.3, -0.25) is 0 Å². The van der Waals surface area contributed by atoms with Crippen LogP contribution in [0.4, 0.5) is 0 Å². The van der Waals surface area contributed by atoms with Crippen LogP contribution >= 0.6 is 23.2 Å². The summed E-state index contributed by atoms with van der Waals surface area (Å²) in [4.78, 5) is 4.87. The van der Waals surface area contributed by atoms with Crippen molar-refractivity contribution >= 4 is 28.8 Å². The van der Waals surface area contributed by atoms with Crippen molar-refractivity contribution in [3.05, 3.63) is 101 Å². The average molecular weight is 430 g/mol. The first-order valence-electron chi connectivity index (χ1n) is 9.58. The zero-order valence-electron chi connectivity index (χ0n) is 16.2. The van der Waals surface area contributed by atoms with Gasteiger partial charge in [-0.15, -0.1) is 0 Å². The second-order valence-electron chi connectivity index (χ2n) is 7.12.